The number of non-ortho nitro benzene ring substituents is 1. The quantitative estimate of drug-likeness (QED) is 0.603. The van der Waals surface area contributed by atoms with E-state index in [9.17, 15) is 10.1 Å². The average Bonchev–Trinajstić information content (AvgIpc) is 2.82. The maximum atomic E-state index is 10.7. The number of oxazole rings is 1. The van der Waals surface area contributed by atoms with Crippen LogP contribution in [0.2, 0.25) is 0 Å². The Morgan fingerprint density at radius 3 is 2.74 bits per heavy atom. The summed E-state index contributed by atoms with van der Waals surface area (Å²) in [6, 6.07) is 5.02. The van der Waals surface area contributed by atoms with Gasteiger partial charge in [-0.15, -0.1) is 0 Å². The lowest BCUT2D eigenvalue weighted by Gasteiger charge is -2.31. The van der Waals surface area contributed by atoms with E-state index in [1.54, 1.807) is 6.07 Å². The number of piperazine rings is 1. The molecular weight excluding hydrogens is 248 g/mol. The van der Waals surface area contributed by atoms with E-state index in [4.69, 9.17) is 4.42 Å². The number of rotatable bonds is 2. The lowest BCUT2D eigenvalue weighted by atomic mass is 10.3. The summed E-state index contributed by atoms with van der Waals surface area (Å²) in [5, 5.41) is 10.7. The smallest absolute Gasteiger partial charge is 0.298 e. The molecule has 0 atom stereocenters. The molecule has 0 amide bonds. The molecule has 0 spiro atoms. The highest BCUT2D eigenvalue weighted by atomic mass is 16.6. The van der Waals surface area contributed by atoms with Crippen molar-refractivity contribution in [3.8, 4) is 0 Å². The minimum absolute atomic E-state index is 0.0331. The average molecular weight is 262 g/mol. The van der Waals surface area contributed by atoms with E-state index < -0.39 is 4.92 Å². The van der Waals surface area contributed by atoms with Crippen molar-refractivity contribution in [1.29, 1.82) is 0 Å². The number of hydrogen-bond donors (Lipinski definition) is 0. The van der Waals surface area contributed by atoms with Crippen molar-refractivity contribution < 1.29 is 9.34 Å². The van der Waals surface area contributed by atoms with Crippen LogP contribution in [0.4, 0.5) is 11.7 Å². The fourth-order valence-electron chi connectivity index (χ4n) is 2.15. The maximum Gasteiger partial charge on any atom is 0.298 e. The van der Waals surface area contributed by atoms with Crippen molar-refractivity contribution in [2.75, 3.05) is 38.1 Å². The van der Waals surface area contributed by atoms with E-state index in [2.05, 4.69) is 21.8 Å². The Kier molecular flexibility index (Phi) is 2.83. The van der Waals surface area contributed by atoms with Crippen LogP contribution < -0.4 is 4.90 Å². The molecule has 1 saturated heterocycles. The zero-order valence-corrected chi connectivity index (χ0v) is 10.6. The largest absolute Gasteiger partial charge is 0.423 e. The third-order valence-corrected chi connectivity index (χ3v) is 3.34. The summed E-state index contributed by atoms with van der Waals surface area (Å²) < 4.78 is 5.65. The van der Waals surface area contributed by atoms with E-state index in [0.29, 0.717) is 17.1 Å². The van der Waals surface area contributed by atoms with Gasteiger partial charge in [-0.3, -0.25) is 10.1 Å². The number of aromatic nitrogens is 1. The van der Waals surface area contributed by atoms with Gasteiger partial charge in [-0.25, -0.2) is 0 Å². The first-order chi connectivity index (χ1) is 9.13. The molecule has 1 aromatic heterocycles. The van der Waals surface area contributed by atoms with Crippen LogP contribution in [0.5, 0.6) is 0 Å². The third-order valence-electron chi connectivity index (χ3n) is 3.34. The lowest BCUT2D eigenvalue weighted by Crippen LogP contribution is -2.44. The molecule has 0 aliphatic carbocycles. The summed E-state index contributed by atoms with van der Waals surface area (Å²) in [7, 11) is 2.08. The monoisotopic (exact) mass is 262 g/mol. The Morgan fingerprint density at radius 1 is 1.32 bits per heavy atom. The Morgan fingerprint density at radius 2 is 2.05 bits per heavy atom. The summed E-state index contributed by atoms with van der Waals surface area (Å²) in [5.41, 5.74) is 1.15. The van der Waals surface area contributed by atoms with Gasteiger partial charge in [-0.1, -0.05) is 0 Å². The van der Waals surface area contributed by atoms with Crippen LogP contribution in [-0.4, -0.2) is 48.0 Å². The normalized spacial score (nSPS) is 17.0. The van der Waals surface area contributed by atoms with Crippen LogP contribution in [0.15, 0.2) is 22.6 Å². The molecule has 0 unspecified atom stereocenters. The van der Waals surface area contributed by atoms with E-state index in [0.717, 1.165) is 26.2 Å². The molecule has 100 valence electrons. The van der Waals surface area contributed by atoms with Crippen LogP contribution in [-0.2, 0) is 0 Å². The molecular formula is C12H14N4O3. The first kappa shape index (κ1) is 11.9. The van der Waals surface area contributed by atoms with Crippen molar-refractivity contribution in [2.24, 2.45) is 0 Å². The Bertz CT molecular complexity index is 616. The molecule has 0 bridgehead atoms. The molecule has 2 aromatic rings. The molecule has 0 saturated carbocycles. The van der Waals surface area contributed by atoms with Gasteiger partial charge in [-0.2, -0.15) is 4.98 Å². The summed E-state index contributed by atoms with van der Waals surface area (Å²) in [4.78, 5) is 18.9. The van der Waals surface area contributed by atoms with E-state index in [1.165, 1.54) is 12.1 Å². The van der Waals surface area contributed by atoms with Gasteiger partial charge in [-0.05, 0) is 13.1 Å². The summed E-state index contributed by atoms with van der Waals surface area (Å²) >= 11 is 0. The van der Waals surface area contributed by atoms with Crippen LogP contribution in [0.3, 0.4) is 0 Å². The molecule has 1 aliphatic rings. The Hall–Kier alpha value is -2.15. The number of fused-ring (bicyclic) bond motifs is 1. The second-order valence-electron chi connectivity index (χ2n) is 4.70. The summed E-state index contributed by atoms with van der Waals surface area (Å²) in [5.74, 6) is 0. The molecule has 1 aromatic carbocycles. The van der Waals surface area contributed by atoms with Crippen LogP contribution >= 0.6 is 0 Å². The van der Waals surface area contributed by atoms with Crippen molar-refractivity contribution in [2.45, 2.75) is 0 Å². The Labute approximate surface area is 109 Å². The lowest BCUT2D eigenvalue weighted by molar-refractivity contribution is -0.384. The zero-order chi connectivity index (χ0) is 13.4. The van der Waals surface area contributed by atoms with Gasteiger partial charge in [0.25, 0.3) is 11.7 Å². The standard InChI is InChI=1S/C12H14N4O3/c1-14-4-6-15(7-5-14)12-13-10-8-9(16(17)18)2-3-11(10)19-12/h2-3,8H,4-7H2,1H3. The van der Waals surface area contributed by atoms with Gasteiger partial charge in [0, 0.05) is 38.3 Å². The fourth-order valence-corrected chi connectivity index (χ4v) is 2.15. The molecule has 0 radical (unpaired) electrons. The first-order valence-electron chi connectivity index (χ1n) is 6.12. The highest BCUT2D eigenvalue weighted by Crippen LogP contribution is 2.25. The first-order valence-corrected chi connectivity index (χ1v) is 6.12. The van der Waals surface area contributed by atoms with Gasteiger partial charge < -0.3 is 14.2 Å². The molecule has 19 heavy (non-hydrogen) atoms. The number of anilines is 1. The van der Waals surface area contributed by atoms with Crippen molar-refractivity contribution in [3.05, 3.63) is 28.3 Å². The van der Waals surface area contributed by atoms with Gasteiger partial charge in [0.05, 0.1) is 4.92 Å². The van der Waals surface area contributed by atoms with Gasteiger partial charge in [0.15, 0.2) is 5.58 Å². The summed E-state index contributed by atoms with van der Waals surface area (Å²) in [6.45, 7) is 3.62. The van der Waals surface area contributed by atoms with Crippen molar-refractivity contribution >= 4 is 22.8 Å². The highest BCUT2D eigenvalue weighted by molar-refractivity contribution is 5.77. The fraction of sp³-hybridized carbons (Fsp3) is 0.417. The minimum Gasteiger partial charge on any atom is -0.423 e. The molecule has 1 fully saturated rings. The van der Waals surface area contributed by atoms with Gasteiger partial charge in [0.2, 0.25) is 0 Å². The topological polar surface area (TPSA) is 75.7 Å². The van der Waals surface area contributed by atoms with E-state index >= 15 is 0 Å². The molecule has 1 aliphatic heterocycles. The highest BCUT2D eigenvalue weighted by Gasteiger charge is 2.19. The molecule has 7 nitrogen and oxygen atoms in total. The van der Waals surface area contributed by atoms with Crippen molar-refractivity contribution in [1.82, 2.24) is 9.88 Å². The second kappa shape index (κ2) is 4.51. The molecule has 0 N–H and O–H groups in total. The predicted molar refractivity (Wildman–Crippen MR) is 70.4 cm³/mol. The van der Waals surface area contributed by atoms with Crippen LogP contribution in [0, 0.1) is 10.1 Å². The zero-order valence-electron chi connectivity index (χ0n) is 10.6. The summed E-state index contributed by atoms with van der Waals surface area (Å²) in [6.07, 6.45) is 0. The van der Waals surface area contributed by atoms with E-state index in [-0.39, 0.29) is 5.69 Å². The van der Waals surface area contributed by atoms with Crippen molar-refractivity contribution in [3.63, 3.8) is 0 Å². The molecule has 3 rings (SSSR count). The van der Waals surface area contributed by atoms with E-state index in [1.807, 2.05) is 0 Å². The Balaban J connectivity index is 1.91. The number of benzene rings is 1. The number of hydrogen-bond acceptors (Lipinski definition) is 6. The van der Waals surface area contributed by atoms with Gasteiger partial charge >= 0.3 is 0 Å². The third kappa shape index (κ3) is 2.24. The number of nitro groups is 1. The molecule has 7 heteroatoms. The number of nitrogens with zero attached hydrogens (tertiary/aromatic N) is 4. The SMILES string of the molecule is CN1CCN(c2nc3cc([N+](=O)[O-])ccc3o2)CC1. The minimum atomic E-state index is -0.427. The van der Waals surface area contributed by atoms with Crippen LogP contribution in [0.1, 0.15) is 0 Å². The predicted octanol–water partition coefficient (Wildman–Crippen LogP) is 1.49. The number of nitro benzene ring substituents is 1. The second-order valence-corrected chi connectivity index (χ2v) is 4.70. The number of likely N-dealkylation sites (N-methyl/N-ethyl adjacent to an activating group) is 1. The van der Waals surface area contributed by atoms with Gasteiger partial charge in [0.1, 0.15) is 5.52 Å². The molecule has 2 heterocycles. The maximum absolute atomic E-state index is 10.7. The van der Waals surface area contributed by atoms with Crippen LogP contribution in [0.25, 0.3) is 11.1 Å².